The van der Waals surface area contributed by atoms with Crippen molar-refractivity contribution in [2.24, 2.45) is 5.92 Å². The van der Waals surface area contributed by atoms with Gasteiger partial charge in [0.25, 0.3) is 11.8 Å². The fourth-order valence-corrected chi connectivity index (χ4v) is 4.04. The molecule has 4 heterocycles. The second-order valence-electron chi connectivity index (χ2n) is 7.63. The number of amides is 2. The Morgan fingerprint density at radius 2 is 1.79 bits per heavy atom. The minimum absolute atomic E-state index is 0.00794. The number of furan rings is 1. The molecule has 4 rings (SSSR count). The first-order chi connectivity index (χ1) is 13.6. The third-order valence-electron chi connectivity index (χ3n) is 5.56. The van der Waals surface area contributed by atoms with Gasteiger partial charge in [-0.3, -0.25) is 9.59 Å². The van der Waals surface area contributed by atoms with E-state index in [4.69, 9.17) is 4.42 Å². The maximum absolute atomic E-state index is 13.2. The Morgan fingerprint density at radius 3 is 2.46 bits per heavy atom. The Bertz CT molecular complexity index is 828. The molecule has 2 aliphatic rings. The van der Waals surface area contributed by atoms with Crippen LogP contribution in [-0.2, 0) is 0 Å². The highest BCUT2D eigenvalue weighted by Gasteiger charge is 2.29. The lowest BCUT2D eigenvalue weighted by molar-refractivity contribution is 0.0518. The summed E-state index contributed by atoms with van der Waals surface area (Å²) in [5.41, 5.74) is 0.655. The molecule has 0 aliphatic carbocycles. The summed E-state index contributed by atoms with van der Waals surface area (Å²) < 4.78 is 5.20. The first-order valence-electron chi connectivity index (χ1n) is 9.95. The molecule has 0 saturated carbocycles. The van der Waals surface area contributed by atoms with E-state index in [-0.39, 0.29) is 11.8 Å². The van der Waals surface area contributed by atoms with Gasteiger partial charge in [0.1, 0.15) is 5.82 Å². The predicted molar refractivity (Wildman–Crippen MR) is 105 cm³/mol. The molecule has 28 heavy (non-hydrogen) atoms. The van der Waals surface area contributed by atoms with Gasteiger partial charge in [-0.15, -0.1) is 0 Å². The van der Waals surface area contributed by atoms with Crippen LogP contribution in [0.5, 0.6) is 0 Å². The van der Waals surface area contributed by atoms with Gasteiger partial charge in [0.2, 0.25) is 0 Å². The van der Waals surface area contributed by atoms with Crippen LogP contribution in [0.25, 0.3) is 0 Å². The number of piperazine rings is 1. The van der Waals surface area contributed by atoms with E-state index < -0.39 is 0 Å². The highest BCUT2D eigenvalue weighted by molar-refractivity contribution is 5.99. The minimum Gasteiger partial charge on any atom is -0.459 e. The number of carbonyl (C=O) groups is 2. The quantitative estimate of drug-likeness (QED) is 0.816. The normalized spacial score (nSPS) is 20.3. The fraction of sp³-hybridized carbons (Fsp3) is 0.476. The number of pyridine rings is 1. The van der Waals surface area contributed by atoms with Gasteiger partial charge in [-0.1, -0.05) is 6.92 Å². The van der Waals surface area contributed by atoms with Crippen molar-refractivity contribution in [1.29, 1.82) is 0 Å². The smallest absolute Gasteiger partial charge is 0.289 e. The number of carbonyl (C=O) groups excluding carboxylic acids is 2. The molecule has 2 saturated heterocycles. The first-order valence-corrected chi connectivity index (χ1v) is 9.95. The van der Waals surface area contributed by atoms with Gasteiger partial charge in [0.05, 0.1) is 11.8 Å². The second kappa shape index (κ2) is 8.04. The lowest BCUT2D eigenvalue weighted by atomic mass is 10.00. The predicted octanol–water partition coefficient (Wildman–Crippen LogP) is 2.51. The van der Waals surface area contributed by atoms with Crippen molar-refractivity contribution in [2.75, 3.05) is 44.2 Å². The zero-order valence-electron chi connectivity index (χ0n) is 16.2. The van der Waals surface area contributed by atoms with Crippen LogP contribution in [0.15, 0.2) is 41.1 Å². The van der Waals surface area contributed by atoms with Gasteiger partial charge in [-0.05, 0) is 43.0 Å². The van der Waals surface area contributed by atoms with Crippen LogP contribution >= 0.6 is 0 Å². The molecule has 1 atom stereocenters. The number of hydrogen-bond acceptors (Lipinski definition) is 5. The van der Waals surface area contributed by atoms with Gasteiger partial charge in [-0.25, -0.2) is 4.98 Å². The standard InChI is InChI=1S/C21H26N4O3/c1-16-5-3-9-25(15-16)19-17(6-2-8-22-19)20(26)23-10-12-24(13-11-23)21(27)18-7-4-14-28-18/h2,4,6-8,14,16H,3,5,9-13,15H2,1H3. The maximum Gasteiger partial charge on any atom is 0.289 e. The van der Waals surface area contributed by atoms with E-state index in [9.17, 15) is 9.59 Å². The van der Waals surface area contributed by atoms with Gasteiger partial charge in [-0.2, -0.15) is 0 Å². The van der Waals surface area contributed by atoms with Crippen LogP contribution in [0.1, 0.15) is 40.7 Å². The number of hydrogen-bond donors (Lipinski definition) is 0. The summed E-state index contributed by atoms with van der Waals surface area (Å²) in [7, 11) is 0. The summed E-state index contributed by atoms with van der Waals surface area (Å²) in [6, 6.07) is 7.06. The van der Waals surface area contributed by atoms with Crippen LogP contribution in [0.4, 0.5) is 5.82 Å². The third kappa shape index (κ3) is 3.74. The monoisotopic (exact) mass is 382 g/mol. The second-order valence-corrected chi connectivity index (χ2v) is 7.63. The summed E-state index contributed by atoms with van der Waals surface area (Å²) in [6.45, 7) is 6.14. The summed E-state index contributed by atoms with van der Waals surface area (Å²) in [5, 5.41) is 0. The summed E-state index contributed by atoms with van der Waals surface area (Å²) in [5.74, 6) is 1.60. The van der Waals surface area contributed by atoms with Crippen LogP contribution in [0.2, 0.25) is 0 Å². The van der Waals surface area contributed by atoms with Gasteiger partial charge in [0, 0.05) is 45.5 Å². The van der Waals surface area contributed by atoms with E-state index in [1.54, 1.807) is 23.2 Å². The number of piperidine rings is 1. The molecule has 0 radical (unpaired) electrons. The zero-order chi connectivity index (χ0) is 19.5. The highest BCUT2D eigenvalue weighted by atomic mass is 16.3. The average molecular weight is 382 g/mol. The summed E-state index contributed by atoms with van der Waals surface area (Å²) in [4.78, 5) is 35.9. The van der Waals surface area contributed by atoms with E-state index in [0.29, 0.717) is 43.4 Å². The molecule has 0 bridgehead atoms. The maximum atomic E-state index is 13.2. The highest BCUT2D eigenvalue weighted by Crippen LogP contribution is 2.25. The van der Waals surface area contributed by atoms with Crippen molar-refractivity contribution in [1.82, 2.24) is 14.8 Å². The molecular weight excluding hydrogens is 356 g/mol. The Kier molecular flexibility index (Phi) is 5.32. The largest absolute Gasteiger partial charge is 0.459 e. The Morgan fingerprint density at radius 1 is 1.04 bits per heavy atom. The van der Waals surface area contributed by atoms with Gasteiger partial charge >= 0.3 is 0 Å². The third-order valence-corrected chi connectivity index (χ3v) is 5.56. The minimum atomic E-state index is -0.124. The summed E-state index contributed by atoms with van der Waals surface area (Å²) >= 11 is 0. The molecule has 2 amide bonds. The summed E-state index contributed by atoms with van der Waals surface area (Å²) in [6.07, 6.45) is 5.60. The molecule has 7 heteroatoms. The fourth-order valence-electron chi connectivity index (χ4n) is 4.04. The SMILES string of the molecule is CC1CCCN(c2ncccc2C(=O)N2CCN(C(=O)c3ccco3)CC2)C1. The average Bonchev–Trinajstić information content (AvgIpc) is 3.28. The Hall–Kier alpha value is -2.83. The topological polar surface area (TPSA) is 69.9 Å². The van der Waals surface area contributed by atoms with Crippen molar-refractivity contribution in [3.05, 3.63) is 48.0 Å². The number of aromatic nitrogens is 1. The Labute approximate surface area is 164 Å². The zero-order valence-corrected chi connectivity index (χ0v) is 16.2. The molecule has 148 valence electrons. The molecule has 2 aliphatic heterocycles. The van der Waals surface area contributed by atoms with Crippen LogP contribution in [-0.4, -0.2) is 65.9 Å². The molecule has 2 fully saturated rings. The van der Waals surface area contributed by atoms with Crippen molar-refractivity contribution in [3.8, 4) is 0 Å². The molecule has 0 spiro atoms. The number of nitrogens with zero attached hydrogens (tertiary/aromatic N) is 4. The molecule has 0 aromatic carbocycles. The van der Waals surface area contributed by atoms with Crippen molar-refractivity contribution < 1.29 is 14.0 Å². The van der Waals surface area contributed by atoms with Gasteiger partial charge < -0.3 is 19.1 Å². The molecule has 7 nitrogen and oxygen atoms in total. The molecule has 2 aromatic rings. The Balaban J connectivity index is 1.44. The van der Waals surface area contributed by atoms with Crippen molar-refractivity contribution in [3.63, 3.8) is 0 Å². The molecular formula is C21H26N4O3. The van der Waals surface area contributed by atoms with Crippen LogP contribution < -0.4 is 4.90 Å². The van der Waals surface area contributed by atoms with E-state index in [1.807, 2.05) is 17.0 Å². The molecule has 0 N–H and O–H groups in total. The lowest BCUT2D eigenvalue weighted by Crippen LogP contribution is -2.50. The van der Waals surface area contributed by atoms with E-state index in [0.717, 1.165) is 25.3 Å². The molecule has 2 aromatic heterocycles. The van der Waals surface area contributed by atoms with Crippen LogP contribution in [0.3, 0.4) is 0 Å². The van der Waals surface area contributed by atoms with E-state index in [2.05, 4.69) is 16.8 Å². The number of anilines is 1. The van der Waals surface area contributed by atoms with Gasteiger partial charge in [0.15, 0.2) is 5.76 Å². The first kappa shape index (κ1) is 18.5. The van der Waals surface area contributed by atoms with Crippen molar-refractivity contribution >= 4 is 17.6 Å². The lowest BCUT2D eigenvalue weighted by Gasteiger charge is -2.36. The molecule has 1 unspecified atom stereocenters. The van der Waals surface area contributed by atoms with E-state index in [1.165, 1.54) is 12.7 Å². The van der Waals surface area contributed by atoms with Crippen LogP contribution in [0, 0.1) is 5.92 Å². The van der Waals surface area contributed by atoms with E-state index >= 15 is 0 Å². The number of rotatable bonds is 3. The van der Waals surface area contributed by atoms with Crippen molar-refractivity contribution in [2.45, 2.75) is 19.8 Å².